The predicted octanol–water partition coefficient (Wildman–Crippen LogP) is 0.819. The van der Waals surface area contributed by atoms with E-state index in [-0.39, 0.29) is 10.5 Å². The first-order valence-corrected chi connectivity index (χ1v) is 5.28. The van der Waals surface area contributed by atoms with E-state index < -0.39 is 15.0 Å². The van der Waals surface area contributed by atoms with Crippen molar-refractivity contribution in [1.82, 2.24) is 0 Å². The molecule has 0 aromatic heterocycles. The molecule has 1 aromatic carbocycles. The van der Waals surface area contributed by atoms with Gasteiger partial charge in [-0.25, -0.2) is 8.42 Å². The lowest BCUT2D eigenvalue weighted by molar-refractivity contribution is -0.109. The Bertz CT molecular complexity index is 473. The van der Waals surface area contributed by atoms with Crippen LogP contribution in [-0.4, -0.2) is 19.8 Å². The minimum absolute atomic E-state index is 0.00250. The van der Waals surface area contributed by atoms with E-state index in [1.165, 1.54) is 24.3 Å². The molecular weight excluding hydrogens is 204 g/mol. The Hall–Kier alpha value is -1.49. The van der Waals surface area contributed by atoms with Crippen LogP contribution in [0.25, 0.3) is 0 Å². The van der Waals surface area contributed by atoms with Crippen molar-refractivity contribution >= 4 is 21.2 Å². The van der Waals surface area contributed by atoms with Gasteiger partial charge in [0.25, 0.3) is 0 Å². The highest BCUT2D eigenvalue weighted by molar-refractivity contribution is 8.06. The highest BCUT2D eigenvalue weighted by Gasteiger charge is 2.22. The zero-order chi connectivity index (χ0) is 10.8. The number of benzene rings is 1. The Morgan fingerprint density at radius 3 is 2.36 bits per heavy atom. The first-order valence-electron chi connectivity index (χ1n) is 3.80. The average Bonchev–Trinajstić information content (AvgIpc) is 2.17. The molecule has 0 saturated carbocycles. The summed E-state index contributed by atoms with van der Waals surface area (Å²) in [6.07, 6.45) is 0.413. The van der Waals surface area contributed by atoms with E-state index in [2.05, 4.69) is 0 Å². The van der Waals surface area contributed by atoms with Gasteiger partial charge >= 0.3 is 0 Å². The lowest BCUT2D eigenvalue weighted by Crippen LogP contribution is -2.12. The summed E-state index contributed by atoms with van der Waals surface area (Å²) in [4.78, 5) is 21.1. The Balaban J connectivity index is 3.47. The van der Waals surface area contributed by atoms with E-state index in [1.54, 1.807) is 0 Å². The Labute approximate surface area is 81.5 Å². The third kappa shape index (κ3) is 1.72. The lowest BCUT2D eigenvalue weighted by Gasteiger charge is -2.01. The fraction of sp³-hybridized carbons (Fsp3) is 0.111. The summed E-state index contributed by atoms with van der Waals surface area (Å²) < 4.78 is 22.8. The average molecular weight is 212 g/mol. The van der Waals surface area contributed by atoms with Gasteiger partial charge in [0.1, 0.15) is 0 Å². The molecule has 0 atom stereocenters. The molecule has 0 unspecified atom stereocenters. The SMILES string of the molecule is CC(=O)S(=O)(=O)c1ccccc1C=O. The zero-order valence-electron chi connectivity index (χ0n) is 7.43. The molecule has 1 aromatic rings. The smallest absolute Gasteiger partial charge is 0.248 e. The third-order valence-electron chi connectivity index (χ3n) is 1.71. The van der Waals surface area contributed by atoms with Crippen molar-refractivity contribution in [3.05, 3.63) is 29.8 Å². The van der Waals surface area contributed by atoms with Crippen molar-refractivity contribution in [2.75, 3.05) is 0 Å². The molecule has 0 N–H and O–H groups in total. The molecule has 14 heavy (non-hydrogen) atoms. The molecular formula is C9H8O4S. The van der Waals surface area contributed by atoms with Crippen molar-refractivity contribution < 1.29 is 18.0 Å². The van der Waals surface area contributed by atoms with Crippen LogP contribution in [0.15, 0.2) is 29.2 Å². The van der Waals surface area contributed by atoms with Crippen LogP contribution in [-0.2, 0) is 14.6 Å². The molecule has 0 radical (unpaired) electrons. The van der Waals surface area contributed by atoms with Gasteiger partial charge in [-0.3, -0.25) is 9.59 Å². The molecule has 0 fully saturated rings. The normalized spacial score (nSPS) is 10.9. The molecule has 0 amide bonds. The van der Waals surface area contributed by atoms with Crippen LogP contribution in [0.2, 0.25) is 0 Å². The van der Waals surface area contributed by atoms with Crippen LogP contribution >= 0.6 is 0 Å². The highest BCUT2D eigenvalue weighted by atomic mass is 32.2. The first-order chi connectivity index (χ1) is 6.50. The van der Waals surface area contributed by atoms with E-state index in [9.17, 15) is 18.0 Å². The van der Waals surface area contributed by atoms with Crippen LogP contribution in [0.3, 0.4) is 0 Å². The molecule has 4 nitrogen and oxygen atoms in total. The maximum absolute atomic E-state index is 11.4. The fourth-order valence-corrected chi connectivity index (χ4v) is 1.97. The molecule has 5 heteroatoms. The minimum atomic E-state index is -3.99. The van der Waals surface area contributed by atoms with Gasteiger partial charge in [0.15, 0.2) is 6.29 Å². The van der Waals surface area contributed by atoms with Crippen LogP contribution in [0, 0.1) is 0 Å². The monoisotopic (exact) mass is 212 g/mol. The number of hydrogen-bond acceptors (Lipinski definition) is 4. The highest BCUT2D eigenvalue weighted by Crippen LogP contribution is 2.15. The maximum atomic E-state index is 11.4. The summed E-state index contributed by atoms with van der Waals surface area (Å²) in [5.41, 5.74) is 0.00250. The molecule has 1 rings (SSSR count). The molecule has 74 valence electrons. The van der Waals surface area contributed by atoms with E-state index in [4.69, 9.17) is 0 Å². The molecule has 0 aliphatic carbocycles. The molecule has 0 bridgehead atoms. The molecule has 0 heterocycles. The van der Waals surface area contributed by atoms with Gasteiger partial charge in [0.05, 0.1) is 4.90 Å². The number of hydrogen-bond donors (Lipinski definition) is 0. The van der Waals surface area contributed by atoms with Gasteiger partial charge in [-0.1, -0.05) is 18.2 Å². The molecule has 0 spiro atoms. The largest absolute Gasteiger partial charge is 0.298 e. The van der Waals surface area contributed by atoms with Gasteiger partial charge in [-0.2, -0.15) is 0 Å². The van der Waals surface area contributed by atoms with Crippen LogP contribution in [0.1, 0.15) is 17.3 Å². The Kier molecular flexibility index (Phi) is 2.81. The van der Waals surface area contributed by atoms with E-state index in [0.717, 1.165) is 6.92 Å². The number of carbonyl (C=O) groups is 2. The predicted molar refractivity (Wildman–Crippen MR) is 49.7 cm³/mol. The summed E-state index contributed by atoms with van der Waals surface area (Å²) in [6.45, 7) is 0.955. The van der Waals surface area contributed by atoms with Gasteiger partial charge in [0.2, 0.25) is 15.0 Å². The molecule has 0 saturated heterocycles. The van der Waals surface area contributed by atoms with Gasteiger partial charge in [-0.15, -0.1) is 0 Å². The minimum Gasteiger partial charge on any atom is -0.298 e. The summed E-state index contributed by atoms with van der Waals surface area (Å²) in [7, 11) is -3.99. The van der Waals surface area contributed by atoms with Crippen molar-refractivity contribution in [2.45, 2.75) is 11.8 Å². The lowest BCUT2D eigenvalue weighted by atomic mass is 10.2. The molecule has 0 aliphatic heterocycles. The summed E-state index contributed by atoms with van der Waals surface area (Å²) in [6, 6.07) is 5.58. The van der Waals surface area contributed by atoms with Crippen molar-refractivity contribution in [2.24, 2.45) is 0 Å². The first kappa shape index (κ1) is 10.6. The number of sulfone groups is 1. The topological polar surface area (TPSA) is 68.3 Å². The standard InChI is InChI=1S/C9H8O4S/c1-7(11)14(12,13)9-5-3-2-4-8(9)6-10/h2-6H,1H3. The van der Waals surface area contributed by atoms with Crippen molar-refractivity contribution in [3.8, 4) is 0 Å². The number of aldehydes is 1. The third-order valence-corrected chi connectivity index (χ3v) is 3.42. The summed E-state index contributed by atoms with van der Waals surface area (Å²) in [5, 5.41) is -0.966. The Morgan fingerprint density at radius 1 is 1.29 bits per heavy atom. The van der Waals surface area contributed by atoms with Gasteiger partial charge < -0.3 is 0 Å². The number of carbonyl (C=O) groups excluding carboxylic acids is 2. The maximum Gasteiger partial charge on any atom is 0.248 e. The van der Waals surface area contributed by atoms with Crippen LogP contribution in [0.4, 0.5) is 0 Å². The van der Waals surface area contributed by atoms with E-state index in [1.807, 2.05) is 0 Å². The van der Waals surface area contributed by atoms with Crippen LogP contribution in [0.5, 0.6) is 0 Å². The zero-order valence-corrected chi connectivity index (χ0v) is 8.24. The van der Waals surface area contributed by atoms with E-state index in [0.29, 0.717) is 6.29 Å². The van der Waals surface area contributed by atoms with Gasteiger partial charge in [0, 0.05) is 12.5 Å². The quantitative estimate of drug-likeness (QED) is 0.680. The van der Waals surface area contributed by atoms with E-state index >= 15 is 0 Å². The summed E-state index contributed by atoms with van der Waals surface area (Å²) >= 11 is 0. The van der Waals surface area contributed by atoms with Crippen molar-refractivity contribution in [3.63, 3.8) is 0 Å². The fourth-order valence-electron chi connectivity index (χ4n) is 0.977. The molecule has 0 aliphatic rings. The Morgan fingerprint density at radius 2 is 1.86 bits per heavy atom. The van der Waals surface area contributed by atoms with Gasteiger partial charge in [-0.05, 0) is 6.07 Å². The second-order valence-corrected chi connectivity index (χ2v) is 4.67. The van der Waals surface area contributed by atoms with Crippen molar-refractivity contribution in [1.29, 1.82) is 0 Å². The summed E-state index contributed by atoms with van der Waals surface area (Å²) in [5.74, 6) is 0. The van der Waals surface area contributed by atoms with Crippen LogP contribution < -0.4 is 0 Å². The second kappa shape index (κ2) is 3.71. The second-order valence-electron chi connectivity index (χ2n) is 2.65. The number of rotatable bonds is 2.